The van der Waals surface area contributed by atoms with Gasteiger partial charge in [-0.2, -0.15) is 5.10 Å². The van der Waals surface area contributed by atoms with Crippen molar-refractivity contribution in [1.82, 2.24) is 15.1 Å². The van der Waals surface area contributed by atoms with Crippen LogP contribution in [-0.4, -0.2) is 22.7 Å². The van der Waals surface area contributed by atoms with Crippen LogP contribution >= 0.6 is 11.6 Å². The molecule has 2 aromatic rings. The van der Waals surface area contributed by atoms with E-state index in [2.05, 4.69) is 10.4 Å². The van der Waals surface area contributed by atoms with E-state index in [4.69, 9.17) is 11.6 Å². The molecule has 0 aliphatic carbocycles. The lowest BCUT2D eigenvalue weighted by Gasteiger charge is -2.05. The fraction of sp³-hybridized carbons (Fsp3) is 0.231. The summed E-state index contributed by atoms with van der Waals surface area (Å²) in [6.45, 7) is 3.78. The first-order chi connectivity index (χ1) is 8.54. The first-order valence-corrected chi connectivity index (χ1v) is 5.96. The number of nitrogens with one attached hydrogen (secondary N) is 1. The number of aromatic nitrogens is 2. The first kappa shape index (κ1) is 12.6. The van der Waals surface area contributed by atoms with Crippen LogP contribution in [0.4, 0.5) is 0 Å². The van der Waals surface area contributed by atoms with Crippen LogP contribution in [0.3, 0.4) is 0 Å². The van der Waals surface area contributed by atoms with Gasteiger partial charge in [0.05, 0.1) is 22.1 Å². The minimum Gasteiger partial charge on any atom is -0.355 e. The summed E-state index contributed by atoms with van der Waals surface area (Å²) in [6, 6.07) is 7.22. The maximum Gasteiger partial charge on any atom is 0.251 e. The van der Waals surface area contributed by atoms with E-state index >= 15 is 0 Å². The molecular weight excluding hydrogens is 250 g/mol. The van der Waals surface area contributed by atoms with Crippen LogP contribution < -0.4 is 5.32 Å². The van der Waals surface area contributed by atoms with Gasteiger partial charge in [-0.1, -0.05) is 11.6 Å². The van der Waals surface area contributed by atoms with E-state index in [0.717, 1.165) is 17.1 Å². The van der Waals surface area contributed by atoms with Crippen molar-refractivity contribution in [3.63, 3.8) is 0 Å². The number of aryl methyl sites for hydroxylation is 1. The Bertz CT molecular complexity index is 587. The summed E-state index contributed by atoms with van der Waals surface area (Å²) in [5.41, 5.74) is 3.19. The van der Waals surface area contributed by atoms with Gasteiger partial charge in [-0.25, -0.2) is 4.68 Å². The Morgan fingerprint density at radius 3 is 2.33 bits per heavy atom. The molecule has 94 valence electrons. The topological polar surface area (TPSA) is 46.9 Å². The lowest BCUT2D eigenvalue weighted by atomic mass is 10.2. The maximum atomic E-state index is 11.4. The van der Waals surface area contributed by atoms with E-state index in [1.807, 2.05) is 26.0 Å². The summed E-state index contributed by atoms with van der Waals surface area (Å²) in [4.78, 5) is 11.4. The van der Waals surface area contributed by atoms with Crippen LogP contribution in [0.5, 0.6) is 0 Å². The van der Waals surface area contributed by atoms with E-state index in [9.17, 15) is 4.79 Å². The highest BCUT2D eigenvalue weighted by Crippen LogP contribution is 2.22. The van der Waals surface area contributed by atoms with Crippen molar-refractivity contribution < 1.29 is 4.79 Å². The summed E-state index contributed by atoms with van der Waals surface area (Å²) in [5, 5.41) is 7.61. The van der Waals surface area contributed by atoms with Gasteiger partial charge in [-0.05, 0) is 38.1 Å². The van der Waals surface area contributed by atoms with Crippen molar-refractivity contribution in [3.05, 3.63) is 46.2 Å². The van der Waals surface area contributed by atoms with Crippen LogP contribution in [0.25, 0.3) is 5.69 Å². The van der Waals surface area contributed by atoms with Crippen molar-refractivity contribution in [2.75, 3.05) is 7.05 Å². The molecular formula is C13H14ClN3O. The zero-order valence-electron chi connectivity index (χ0n) is 10.5. The van der Waals surface area contributed by atoms with Gasteiger partial charge >= 0.3 is 0 Å². The highest BCUT2D eigenvalue weighted by molar-refractivity contribution is 6.31. The van der Waals surface area contributed by atoms with E-state index in [-0.39, 0.29) is 5.91 Å². The van der Waals surface area contributed by atoms with Gasteiger partial charge in [0, 0.05) is 12.6 Å². The molecule has 0 spiro atoms. The third-order valence-corrected chi connectivity index (χ3v) is 3.35. The molecule has 18 heavy (non-hydrogen) atoms. The molecule has 1 heterocycles. The number of amides is 1. The Kier molecular flexibility index (Phi) is 3.39. The molecule has 2 rings (SSSR count). The second kappa shape index (κ2) is 4.82. The van der Waals surface area contributed by atoms with Gasteiger partial charge in [-0.15, -0.1) is 0 Å². The molecule has 0 aliphatic rings. The number of benzene rings is 1. The molecule has 0 unspecified atom stereocenters. The van der Waals surface area contributed by atoms with E-state index < -0.39 is 0 Å². The predicted octanol–water partition coefficient (Wildman–Crippen LogP) is 2.50. The minimum absolute atomic E-state index is 0.104. The third kappa shape index (κ3) is 2.11. The number of rotatable bonds is 2. The van der Waals surface area contributed by atoms with E-state index in [1.54, 1.807) is 23.9 Å². The predicted molar refractivity (Wildman–Crippen MR) is 71.4 cm³/mol. The Labute approximate surface area is 111 Å². The Hall–Kier alpha value is -1.81. The Balaban J connectivity index is 2.40. The molecule has 0 saturated carbocycles. The summed E-state index contributed by atoms with van der Waals surface area (Å²) < 4.78 is 1.77. The number of halogens is 1. The summed E-state index contributed by atoms with van der Waals surface area (Å²) in [7, 11) is 1.61. The summed E-state index contributed by atoms with van der Waals surface area (Å²) in [6.07, 6.45) is 0. The fourth-order valence-corrected chi connectivity index (χ4v) is 1.89. The second-order valence-electron chi connectivity index (χ2n) is 4.02. The first-order valence-electron chi connectivity index (χ1n) is 5.59. The molecule has 0 fully saturated rings. The normalized spacial score (nSPS) is 10.4. The average Bonchev–Trinajstić information content (AvgIpc) is 2.66. The number of hydrogen-bond donors (Lipinski definition) is 1. The highest BCUT2D eigenvalue weighted by atomic mass is 35.5. The fourth-order valence-electron chi connectivity index (χ4n) is 1.77. The van der Waals surface area contributed by atoms with Gasteiger partial charge < -0.3 is 5.32 Å². The molecule has 5 heteroatoms. The molecule has 0 atom stereocenters. The summed E-state index contributed by atoms with van der Waals surface area (Å²) >= 11 is 6.10. The molecule has 0 aliphatic heterocycles. The third-order valence-electron chi connectivity index (χ3n) is 2.80. The van der Waals surface area contributed by atoms with E-state index in [0.29, 0.717) is 10.6 Å². The standard InChI is InChI=1S/C13H14ClN3O/c1-8-12(14)9(2)17(16-8)11-6-4-10(5-7-11)13(18)15-3/h4-7H,1-3H3,(H,15,18). The smallest absolute Gasteiger partial charge is 0.251 e. The average molecular weight is 264 g/mol. The van der Waals surface area contributed by atoms with E-state index in [1.165, 1.54) is 0 Å². The summed E-state index contributed by atoms with van der Waals surface area (Å²) in [5.74, 6) is -0.104. The number of nitrogens with zero attached hydrogens (tertiary/aromatic N) is 2. The van der Waals surface area contributed by atoms with Gasteiger partial charge in [0.25, 0.3) is 5.91 Å². The maximum absolute atomic E-state index is 11.4. The van der Waals surface area contributed by atoms with Crippen LogP contribution in [0.2, 0.25) is 5.02 Å². The molecule has 0 saturated heterocycles. The molecule has 1 aromatic carbocycles. The number of carbonyl (C=O) groups excluding carboxylic acids is 1. The molecule has 0 radical (unpaired) electrons. The number of carbonyl (C=O) groups is 1. The van der Waals surface area contributed by atoms with Crippen LogP contribution in [0, 0.1) is 13.8 Å². The SMILES string of the molecule is CNC(=O)c1ccc(-n2nc(C)c(Cl)c2C)cc1. The molecule has 4 nitrogen and oxygen atoms in total. The van der Waals surface area contributed by atoms with Crippen LogP contribution in [0.15, 0.2) is 24.3 Å². The lowest BCUT2D eigenvalue weighted by Crippen LogP contribution is -2.17. The largest absolute Gasteiger partial charge is 0.355 e. The lowest BCUT2D eigenvalue weighted by molar-refractivity contribution is 0.0963. The van der Waals surface area contributed by atoms with Gasteiger partial charge in [0.1, 0.15) is 0 Å². The van der Waals surface area contributed by atoms with Gasteiger partial charge in [0.2, 0.25) is 0 Å². The van der Waals surface area contributed by atoms with Crippen LogP contribution in [0.1, 0.15) is 21.7 Å². The van der Waals surface area contributed by atoms with Crippen molar-refractivity contribution in [1.29, 1.82) is 0 Å². The Morgan fingerprint density at radius 1 is 1.28 bits per heavy atom. The second-order valence-corrected chi connectivity index (χ2v) is 4.40. The molecule has 1 amide bonds. The molecule has 0 bridgehead atoms. The number of hydrogen-bond acceptors (Lipinski definition) is 2. The van der Waals surface area contributed by atoms with Gasteiger partial charge in [-0.3, -0.25) is 4.79 Å². The monoisotopic (exact) mass is 263 g/mol. The quantitative estimate of drug-likeness (QED) is 0.905. The molecule has 1 aromatic heterocycles. The zero-order chi connectivity index (χ0) is 13.3. The van der Waals surface area contributed by atoms with Crippen LogP contribution in [-0.2, 0) is 0 Å². The highest BCUT2D eigenvalue weighted by Gasteiger charge is 2.11. The van der Waals surface area contributed by atoms with Crippen molar-refractivity contribution >= 4 is 17.5 Å². The molecule has 1 N–H and O–H groups in total. The van der Waals surface area contributed by atoms with Crippen molar-refractivity contribution in [3.8, 4) is 5.69 Å². The van der Waals surface area contributed by atoms with Crippen molar-refractivity contribution in [2.24, 2.45) is 0 Å². The van der Waals surface area contributed by atoms with Gasteiger partial charge in [0.15, 0.2) is 0 Å². The van der Waals surface area contributed by atoms with Crippen molar-refractivity contribution in [2.45, 2.75) is 13.8 Å². The Morgan fingerprint density at radius 2 is 1.89 bits per heavy atom. The minimum atomic E-state index is -0.104. The zero-order valence-corrected chi connectivity index (χ0v) is 11.2.